The van der Waals surface area contributed by atoms with Crippen LogP contribution in [0.4, 0.5) is 0 Å². The molecule has 130 valence electrons. The summed E-state index contributed by atoms with van der Waals surface area (Å²) in [6, 6.07) is 21.1. The van der Waals surface area contributed by atoms with Crippen molar-refractivity contribution in [2.24, 2.45) is 0 Å². The molecule has 3 aromatic carbocycles. The van der Waals surface area contributed by atoms with Gasteiger partial charge in [-0.1, -0.05) is 59.8 Å². The molecule has 0 amide bonds. The predicted octanol–water partition coefficient (Wildman–Crippen LogP) is 4.57. The Hall–Kier alpha value is -3.73. The lowest BCUT2D eigenvalue weighted by atomic mass is 10.1. The number of hydrogen-bond acceptors (Lipinski definition) is 4. The van der Waals surface area contributed by atoms with Gasteiger partial charge >= 0.3 is 5.63 Å². The van der Waals surface area contributed by atoms with Crippen LogP contribution < -0.4 is 5.63 Å². The fourth-order valence-electron chi connectivity index (χ4n) is 3.56. The second kappa shape index (κ2) is 5.92. The number of aryl methyl sites for hydroxylation is 1. The van der Waals surface area contributed by atoms with Gasteiger partial charge in [0.2, 0.25) is 0 Å². The molecule has 0 bridgehead atoms. The third-order valence-corrected chi connectivity index (χ3v) is 4.80. The lowest BCUT2D eigenvalue weighted by Gasteiger charge is -2.04. The Balaban J connectivity index is 2.28. The van der Waals surface area contributed by atoms with Crippen LogP contribution in [0.2, 0.25) is 0 Å². The molecule has 0 saturated heterocycles. The number of aromatic nitrogens is 3. The normalized spacial score (nSPS) is 11.3. The summed E-state index contributed by atoms with van der Waals surface area (Å²) >= 11 is 0. The van der Waals surface area contributed by atoms with Crippen molar-refractivity contribution in [1.82, 2.24) is 14.8 Å². The first kappa shape index (κ1) is 15.5. The highest BCUT2D eigenvalue weighted by Crippen LogP contribution is 2.25. The first-order valence-corrected chi connectivity index (χ1v) is 8.66. The summed E-state index contributed by atoms with van der Waals surface area (Å²) in [6.45, 7) is 1.95. The minimum atomic E-state index is -0.415. The van der Waals surface area contributed by atoms with Crippen molar-refractivity contribution in [1.29, 1.82) is 0 Å². The van der Waals surface area contributed by atoms with Gasteiger partial charge in [-0.3, -0.25) is 0 Å². The molecule has 5 rings (SSSR count). The fraction of sp³-hybridized carbons (Fsp3) is 0.0455. The molecule has 0 aliphatic heterocycles. The molecule has 5 heteroatoms. The molecular weight excluding hydrogens is 338 g/mol. The van der Waals surface area contributed by atoms with E-state index in [1.54, 1.807) is 16.8 Å². The zero-order valence-electron chi connectivity index (χ0n) is 14.6. The number of rotatable bonds is 0. The Morgan fingerprint density at radius 2 is 1.52 bits per heavy atom. The van der Waals surface area contributed by atoms with Crippen molar-refractivity contribution in [3.8, 4) is 0 Å². The average Bonchev–Trinajstić information content (AvgIpc) is 3.17. The van der Waals surface area contributed by atoms with E-state index in [4.69, 9.17) is 4.42 Å². The van der Waals surface area contributed by atoms with Crippen molar-refractivity contribution < 1.29 is 4.42 Å². The molecular formula is C22H15N3O2. The van der Waals surface area contributed by atoms with E-state index in [1.807, 2.05) is 67.6 Å². The molecule has 0 fully saturated rings. The molecule has 2 heterocycles. The number of hydrogen-bond donors (Lipinski definition) is 0. The van der Waals surface area contributed by atoms with E-state index >= 15 is 0 Å². The molecule has 0 N–H and O–H groups in total. The Morgan fingerprint density at radius 1 is 0.815 bits per heavy atom. The molecule has 0 saturated carbocycles. The van der Waals surface area contributed by atoms with Crippen LogP contribution in [0.3, 0.4) is 0 Å². The molecule has 27 heavy (non-hydrogen) atoms. The van der Waals surface area contributed by atoms with E-state index in [-0.39, 0.29) is 0 Å². The number of nitrogens with zero attached hydrogens (tertiary/aromatic N) is 3. The van der Waals surface area contributed by atoms with Gasteiger partial charge in [-0.25, -0.2) is 9.31 Å². The minimum Gasteiger partial charge on any atom is -0.422 e. The van der Waals surface area contributed by atoms with Crippen molar-refractivity contribution in [3.63, 3.8) is 0 Å². The van der Waals surface area contributed by atoms with Gasteiger partial charge in [0, 0.05) is 10.8 Å². The topological polar surface area (TPSA) is 60.4 Å². The van der Waals surface area contributed by atoms with Crippen LogP contribution in [0.25, 0.3) is 38.2 Å². The van der Waals surface area contributed by atoms with Crippen LogP contribution in [0.1, 0.15) is 5.56 Å². The molecule has 0 atom stereocenters. The Bertz CT molecular complexity index is 1460. The third-order valence-electron chi connectivity index (χ3n) is 4.80. The number of fused-ring (bicyclic) bond motifs is 7. The van der Waals surface area contributed by atoms with Gasteiger partial charge in [0.25, 0.3) is 0 Å². The monoisotopic (exact) mass is 353 g/mol. The molecule has 5 aromatic rings. The predicted molar refractivity (Wildman–Crippen MR) is 106 cm³/mol. The van der Waals surface area contributed by atoms with E-state index in [0.717, 1.165) is 27.2 Å². The molecule has 0 spiro atoms. The van der Waals surface area contributed by atoms with Crippen LogP contribution in [0.15, 0.2) is 82.1 Å². The maximum atomic E-state index is 13.0. The highest BCUT2D eigenvalue weighted by atomic mass is 16.4. The van der Waals surface area contributed by atoms with Gasteiger partial charge in [0.1, 0.15) is 5.58 Å². The number of benzene rings is 3. The smallest absolute Gasteiger partial charge is 0.345 e. The zero-order chi connectivity index (χ0) is 18.4. The molecule has 0 aliphatic rings. The average molecular weight is 353 g/mol. The van der Waals surface area contributed by atoms with E-state index in [9.17, 15) is 4.79 Å². The summed E-state index contributed by atoms with van der Waals surface area (Å²) in [7, 11) is 0. The molecule has 0 aliphatic carbocycles. The van der Waals surface area contributed by atoms with Crippen LogP contribution in [-0.2, 0) is 0 Å². The molecule has 0 radical (unpaired) electrons. The quantitative estimate of drug-likeness (QED) is 0.409. The second-order valence-corrected chi connectivity index (χ2v) is 6.43. The lowest BCUT2D eigenvalue weighted by molar-refractivity contribution is 0.571. The molecule has 0 unspecified atom stereocenters. The first-order chi connectivity index (χ1) is 13.2. The van der Waals surface area contributed by atoms with Crippen molar-refractivity contribution in [3.05, 3.63) is 88.9 Å². The van der Waals surface area contributed by atoms with Crippen molar-refractivity contribution in [2.75, 3.05) is 0 Å². The standard InChI is InChI=1S/C22H15N3O2/c1-14-7-6-11-18-21(14)25-19(13-23-24-25)16-9-3-2-8-15(16)17-10-4-5-12-20(17)27-22(18)26/h2-13H,1H3. The maximum Gasteiger partial charge on any atom is 0.345 e. The fourth-order valence-corrected chi connectivity index (χ4v) is 3.56. The highest BCUT2D eigenvalue weighted by Gasteiger charge is 2.09. The SMILES string of the molecule is Cc1cccc2c(=O)oc3ccccc3c3ccccc3c3cnnn3c12. The van der Waals surface area contributed by atoms with Crippen LogP contribution in [0, 0.1) is 6.92 Å². The largest absolute Gasteiger partial charge is 0.422 e. The Labute approximate surface area is 153 Å². The van der Waals surface area contributed by atoms with Gasteiger partial charge in [0.05, 0.1) is 22.6 Å². The van der Waals surface area contributed by atoms with E-state index in [0.29, 0.717) is 16.5 Å². The van der Waals surface area contributed by atoms with E-state index in [2.05, 4.69) is 10.3 Å². The summed E-state index contributed by atoms with van der Waals surface area (Å²) in [6.07, 6.45) is 1.73. The van der Waals surface area contributed by atoms with Gasteiger partial charge in [-0.2, -0.15) is 0 Å². The van der Waals surface area contributed by atoms with Gasteiger partial charge in [-0.15, -0.1) is 5.10 Å². The summed E-state index contributed by atoms with van der Waals surface area (Å²) in [5.41, 5.74) is 2.54. The van der Waals surface area contributed by atoms with Crippen LogP contribution in [0.5, 0.6) is 0 Å². The zero-order valence-corrected chi connectivity index (χ0v) is 14.6. The molecule has 2 aromatic heterocycles. The second-order valence-electron chi connectivity index (χ2n) is 6.43. The number of para-hydroxylation sites is 2. The maximum absolute atomic E-state index is 13.0. The van der Waals surface area contributed by atoms with Gasteiger partial charge in [-0.05, 0) is 30.0 Å². The minimum absolute atomic E-state index is 0.415. The summed E-state index contributed by atoms with van der Waals surface area (Å²) < 4.78 is 7.52. The molecule has 5 nitrogen and oxygen atoms in total. The summed E-state index contributed by atoms with van der Waals surface area (Å²) in [5, 5.41) is 11.7. The Morgan fingerprint density at radius 3 is 2.37 bits per heavy atom. The summed E-state index contributed by atoms with van der Waals surface area (Å²) in [5.74, 6) is 0. The Kier molecular flexibility index (Phi) is 3.40. The van der Waals surface area contributed by atoms with Crippen LogP contribution in [-0.4, -0.2) is 14.8 Å². The summed E-state index contributed by atoms with van der Waals surface area (Å²) in [4.78, 5) is 13.0. The van der Waals surface area contributed by atoms with E-state index < -0.39 is 5.63 Å². The van der Waals surface area contributed by atoms with Crippen molar-refractivity contribution in [2.45, 2.75) is 6.92 Å². The first-order valence-electron chi connectivity index (χ1n) is 8.66. The lowest BCUT2D eigenvalue weighted by Crippen LogP contribution is -2.01. The highest BCUT2D eigenvalue weighted by molar-refractivity contribution is 6.08. The van der Waals surface area contributed by atoms with Crippen molar-refractivity contribution >= 4 is 38.2 Å². The van der Waals surface area contributed by atoms with E-state index in [1.165, 1.54) is 0 Å². The van der Waals surface area contributed by atoms with Crippen LogP contribution >= 0.6 is 0 Å². The van der Waals surface area contributed by atoms with Gasteiger partial charge in [0.15, 0.2) is 0 Å². The van der Waals surface area contributed by atoms with Gasteiger partial charge < -0.3 is 4.42 Å². The third kappa shape index (κ3) is 2.36.